The third-order valence-electron chi connectivity index (χ3n) is 3.93. The molecule has 6 heteroatoms. The van der Waals surface area contributed by atoms with Crippen molar-refractivity contribution in [2.24, 2.45) is 5.92 Å². The van der Waals surface area contributed by atoms with E-state index in [4.69, 9.17) is 5.11 Å². The van der Waals surface area contributed by atoms with Crippen LogP contribution in [0.25, 0.3) is 5.69 Å². The predicted octanol–water partition coefficient (Wildman–Crippen LogP) is 1.73. The quantitative estimate of drug-likeness (QED) is 0.936. The van der Waals surface area contributed by atoms with Crippen molar-refractivity contribution in [1.82, 2.24) is 14.7 Å². The van der Waals surface area contributed by atoms with Crippen molar-refractivity contribution >= 4 is 11.9 Å². The molecule has 22 heavy (non-hydrogen) atoms. The highest BCUT2D eigenvalue weighted by atomic mass is 16.4. The number of likely N-dealkylation sites (tertiary alicyclic amines) is 1. The van der Waals surface area contributed by atoms with Gasteiger partial charge in [0, 0.05) is 18.8 Å². The number of aromatic nitrogens is 2. The Morgan fingerprint density at radius 3 is 2.64 bits per heavy atom. The van der Waals surface area contributed by atoms with Gasteiger partial charge in [0.05, 0.1) is 11.6 Å². The summed E-state index contributed by atoms with van der Waals surface area (Å²) in [5.41, 5.74) is 2.11. The topological polar surface area (TPSA) is 75.4 Å². The van der Waals surface area contributed by atoms with Crippen LogP contribution in [0.5, 0.6) is 0 Å². The SMILES string of the molecule is Cc1cc(C(=O)N2CCC(C(=O)O)C2)nn1-c1ccccc1. The Labute approximate surface area is 128 Å². The zero-order valence-electron chi connectivity index (χ0n) is 12.3. The van der Waals surface area contributed by atoms with Crippen LogP contribution in [0, 0.1) is 12.8 Å². The molecule has 0 aliphatic carbocycles. The molecule has 1 saturated heterocycles. The monoisotopic (exact) mass is 299 g/mol. The second kappa shape index (κ2) is 5.63. The van der Waals surface area contributed by atoms with Crippen LogP contribution in [-0.4, -0.2) is 44.8 Å². The van der Waals surface area contributed by atoms with E-state index in [1.165, 1.54) is 0 Å². The summed E-state index contributed by atoms with van der Waals surface area (Å²) < 4.78 is 1.72. The minimum absolute atomic E-state index is 0.207. The molecule has 1 amide bonds. The van der Waals surface area contributed by atoms with Gasteiger partial charge >= 0.3 is 5.97 Å². The zero-order chi connectivity index (χ0) is 15.7. The van der Waals surface area contributed by atoms with Crippen molar-refractivity contribution in [2.45, 2.75) is 13.3 Å². The molecule has 3 rings (SSSR count). The smallest absolute Gasteiger partial charge is 0.308 e. The van der Waals surface area contributed by atoms with Crippen LogP contribution in [0.15, 0.2) is 36.4 Å². The standard InChI is InChI=1S/C16H17N3O3/c1-11-9-14(17-19(11)13-5-3-2-4-6-13)15(20)18-8-7-12(10-18)16(21)22/h2-6,9,12H,7-8,10H2,1H3,(H,21,22). The van der Waals surface area contributed by atoms with Crippen LogP contribution in [0.4, 0.5) is 0 Å². The number of carbonyl (C=O) groups excluding carboxylic acids is 1. The fourth-order valence-corrected chi connectivity index (χ4v) is 2.72. The van der Waals surface area contributed by atoms with Gasteiger partial charge in [-0.15, -0.1) is 0 Å². The van der Waals surface area contributed by atoms with Gasteiger partial charge in [-0.3, -0.25) is 9.59 Å². The molecular formula is C16H17N3O3. The van der Waals surface area contributed by atoms with E-state index in [-0.39, 0.29) is 12.5 Å². The second-order valence-electron chi connectivity index (χ2n) is 5.49. The van der Waals surface area contributed by atoms with E-state index < -0.39 is 11.9 Å². The molecule has 1 aromatic carbocycles. The van der Waals surface area contributed by atoms with Crippen molar-refractivity contribution in [2.75, 3.05) is 13.1 Å². The first kappa shape index (κ1) is 14.3. The lowest BCUT2D eigenvalue weighted by atomic mass is 10.1. The van der Waals surface area contributed by atoms with Crippen LogP contribution in [0.1, 0.15) is 22.6 Å². The number of carboxylic acids is 1. The molecule has 1 aromatic heterocycles. The van der Waals surface area contributed by atoms with Crippen molar-refractivity contribution < 1.29 is 14.7 Å². The van der Waals surface area contributed by atoms with Crippen molar-refractivity contribution in [3.63, 3.8) is 0 Å². The number of aliphatic carboxylic acids is 1. The number of hydrogen-bond acceptors (Lipinski definition) is 3. The number of carbonyl (C=O) groups is 2. The number of para-hydroxylation sites is 1. The number of rotatable bonds is 3. The maximum Gasteiger partial charge on any atom is 0.308 e. The molecule has 1 atom stereocenters. The maximum atomic E-state index is 12.5. The Morgan fingerprint density at radius 2 is 2.00 bits per heavy atom. The third kappa shape index (κ3) is 2.59. The lowest BCUT2D eigenvalue weighted by molar-refractivity contribution is -0.141. The number of carboxylic acid groups (broad SMARTS) is 1. The molecule has 114 valence electrons. The summed E-state index contributed by atoms with van der Waals surface area (Å²) in [6.45, 7) is 2.61. The fraction of sp³-hybridized carbons (Fsp3) is 0.312. The van der Waals surface area contributed by atoms with Crippen LogP contribution in [0.2, 0.25) is 0 Å². The van der Waals surface area contributed by atoms with E-state index in [9.17, 15) is 9.59 Å². The number of benzene rings is 1. The molecule has 2 aromatic rings. The summed E-state index contributed by atoms with van der Waals surface area (Å²) in [5.74, 6) is -1.52. The van der Waals surface area contributed by atoms with Gasteiger partial charge in [0.2, 0.25) is 0 Å². The van der Waals surface area contributed by atoms with Crippen LogP contribution in [-0.2, 0) is 4.79 Å². The lowest BCUT2D eigenvalue weighted by Crippen LogP contribution is -2.30. The largest absolute Gasteiger partial charge is 0.481 e. The summed E-state index contributed by atoms with van der Waals surface area (Å²) in [6.07, 6.45) is 0.499. The van der Waals surface area contributed by atoms with Crippen LogP contribution in [0.3, 0.4) is 0 Å². The van der Waals surface area contributed by atoms with Gasteiger partial charge in [0.25, 0.3) is 5.91 Å². The normalized spacial score (nSPS) is 17.7. The fourth-order valence-electron chi connectivity index (χ4n) is 2.72. The maximum absolute atomic E-state index is 12.5. The summed E-state index contributed by atoms with van der Waals surface area (Å²) in [7, 11) is 0. The summed E-state index contributed by atoms with van der Waals surface area (Å²) in [4.78, 5) is 25.0. The first-order chi connectivity index (χ1) is 10.6. The van der Waals surface area contributed by atoms with Gasteiger partial charge in [0.1, 0.15) is 0 Å². The molecule has 1 unspecified atom stereocenters. The van der Waals surface area contributed by atoms with E-state index in [0.29, 0.717) is 18.7 Å². The first-order valence-corrected chi connectivity index (χ1v) is 7.20. The molecule has 6 nitrogen and oxygen atoms in total. The van der Waals surface area contributed by atoms with Crippen molar-refractivity contribution in [1.29, 1.82) is 0 Å². The molecule has 0 bridgehead atoms. The minimum Gasteiger partial charge on any atom is -0.481 e. The highest BCUT2D eigenvalue weighted by Gasteiger charge is 2.32. The Bertz CT molecular complexity index is 709. The number of amides is 1. The van der Waals surface area contributed by atoms with E-state index in [1.807, 2.05) is 37.3 Å². The number of hydrogen-bond donors (Lipinski definition) is 1. The van der Waals surface area contributed by atoms with Gasteiger partial charge in [-0.05, 0) is 31.5 Å². The molecule has 0 spiro atoms. The molecule has 1 N–H and O–H groups in total. The minimum atomic E-state index is -0.846. The zero-order valence-corrected chi connectivity index (χ0v) is 12.3. The molecule has 0 saturated carbocycles. The van der Waals surface area contributed by atoms with Gasteiger partial charge in [-0.25, -0.2) is 4.68 Å². The van der Waals surface area contributed by atoms with E-state index in [0.717, 1.165) is 11.4 Å². The van der Waals surface area contributed by atoms with Gasteiger partial charge in [-0.2, -0.15) is 5.10 Å². The van der Waals surface area contributed by atoms with Gasteiger partial charge < -0.3 is 10.0 Å². The Hall–Kier alpha value is -2.63. The van der Waals surface area contributed by atoms with E-state index in [2.05, 4.69) is 5.10 Å². The Balaban J connectivity index is 1.82. The molecule has 1 fully saturated rings. The van der Waals surface area contributed by atoms with Crippen molar-refractivity contribution in [3.05, 3.63) is 47.8 Å². The lowest BCUT2D eigenvalue weighted by Gasteiger charge is -2.13. The van der Waals surface area contributed by atoms with E-state index in [1.54, 1.807) is 15.6 Å². The molecule has 1 aliphatic heterocycles. The number of nitrogens with zero attached hydrogens (tertiary/aromatic N) is 3. The van der Waals surface area contributed by atoms with Crippen molar-refractivity contribution in [3.8, 4) is 5.69 Å². The average Bonchev–Trinajstić information content (AvgIpc) is 3.14. The molecule has 2 heterocycles. The summed E-state index contributed by atoms with van der Waals surface area (Å²) >= 11 is 0. The summed E-state index contributed by atoms with van der Waals surface area (Å²) in [6, 6.07) is 11.3. The predicted molar refractivity (Wildman–Crippen MR) is 79.9 cm³/mol. The van der Waals surface area contributed by atoms with Gasteiger partial charge in [-0.1, -0.05) is 18.2 Å². The van der Waals surface area contributed by atoms with E-state index >= 15 is 0 Å². The molecule has 1 aliphatic rings. The van der Waals surface area contributed by atoms with Gasteiger partial charge in [0.15, 0.2) is 5.69 Å². The summed E-state index contributed by atoms with van der Waals surface area (Å²) in [5, 5.41) is 13.4. The highest BCUT2D eigenvalue weighted by Crippen LogP contribution is 2.20. The number of aryl methyl sites for hydroxylation is 1. The first-order valence-electron chi connectivity index (χ1n) is 7.20. The van der Waals surface area contributed by atoms with Crippen LogP contribution >= 0.6 is 0 Å². The Kier molecular flexibility index (Phi) is 3.66. The molecular weight excluding hydrogens is 282 g/mol. The average molecular weight is 299 g/mol. The third-order valence-corrected chi connectivity index (χ3v) is 3.93. The molecule has 0 radical (unpaired) electrons. The highest BCUT2D eigenvalue weighted by molar-refractivity contribution is 5.93. The Morgan fingerprint density at radius 1 is 1.27 bits per heavy atom. The second-order valence-corrected chi connectivity index (χ2v) is 5.49. The van der Waals surface area contributed by atoms with Crippen LogP contribution < -0.4 is 0 Å².